The van der Waals surface area contributed by atoms with Crippen LogP contribution in [0.15, 0.2) is 60.8 Å². The van der Waals surface area contributed by atoms with Crippen molar-refractivity contribution in [1.29, 1.82) is 0 Å². The van der Waals surface area contributed by atoms with Gasteiger partial charge in [-0.3, -0.25) is 4.79 Å². The van der Waals surface area contributed by atoms with Crippen LogP contribution in [-0.4, -0.2) is 33.4 Å². The van der Waals surface area contributed by atoms with Gasteiger partial charge in [-0.25, -0.2) is 9.48 Å². The zero-order valence-electron chi connectivity index (χ0n) is 15.2. The number of carbonyl (C=O) groups is 2. The number of hydrogen-bond acceptors (Lipinski definition) is 5. The number of ketones is 1. The van der Waals surface area contributed by atoms with E-state index in [0.29, 0.717) is 12.1 Å². The second-order valence-electron chi connectivity index (χ2n) is 6.23. The van der Waals surface area contributed by atoms with Crippen LogP contribution in [0.3, 0.4) is 0 Å². The van der Waals surface area contributed by atoms with Crippen molar-refractivity contribution in [1.82, 2.24) is 15.0 Å². The van der Waals surface area contributed by atoms with Gasteiger partial charge in [-0.2, -0.15) is 0 Å². The maximum absolute atomic E-state index is 12.2. The van der Waals surface area contributed by atoms with Gasteiger partial charge in [0.25, 0.3) is 0 Å². The molecule has 0 fully saturated rings. The first-order valence-corrected chi connectivity index (χ1v) is 8.89. The van der Waals surface area contributed by atoms with Gasteiger partial charge in [0, 0.05) is 5.56 Å². The molecular weight excluding hydrogens is 342 g/mol. The molecule has 0 unspecified atom stereocenters. The number of ether oxygens (including phenoxy) is 1. The van der Waals surface area contributed by atoms with Crippen molar-refractivity contribution in [2.75, 3.05) is 6.61 Å². The van der Waals surface area contributed by atoms with Crippen LogP contribution in [0, 0.1) is 0 Å². The first-order chi connectivity index (χ1) is 13.2. The van der Waals surface area contributed by atoms with E-state index in [9.17, 15) is 9.59 Å². The molecule has 0 aliphatic carbocycles. The molecule has 0 bridgehead atoms. The zero-order valence-corrected chi connectivity index (χ0v) is 15.2. The van der Waals surface area contributed by atoms with Crippen molar-refractivity contribution in [2.24, 2.45) is 0 Å². The molecule has 0 aliphatic rings. The fourth-order valence-corrected chi connectivity index (χ4v) is 2.67. The standard InChI is InChI=1S/C21H21N3O3/c1-2-6-16-9-11-18(12-10-16)20(25)15-27-21(26)19-14-24(23-22-19)13-17-7-4-3-5-8-17/h3-5,7-12,14H,2,6,13,15H2,1H3. The highest BCUT2D eigenvalue weighted by molar-refractivity contribution is 5.99. The van der Waals surface area contributed by atoms with Crippen molar-refractivity contribution >= 4 is 11.8 Å². The van der Waals surface area contributed by atoms with E-state index in [1.807, 2.05) is 42.5 Å². The minimum atomic E-state index is -0.662. The van der Waals surface area contributed by atoms with E-state index in [0.717, 1.165) is 18.4 Å². The molecule has 0 saturated heterocycles. The monoisotopic (exact) mass is 363 g/mol. The summed E-state index contributed by atoms with van der Waals surface area (Å²) in [7, 11) is 0. The second kappa shape index (κ2) is 8.89. The van der Waals surface area contributed by atoms with E-state index in [-0.39, 0.29) is 18.1 Å². The molecule has 3 aromatic rings. The average molecular weight is 363 g/mol. The van der Waals surface area contributed by atoms with Crippen LogP contribution in [0.5, 0.6) is 0 Å². The van der Waals surface area contributed by atoms with E-state index < -0.39 is 5.97 Å². The fraction of sp³-hybridized carbons (Fsp3) is 0.238. The highest BCUT2D eigenvalue weighted by atomic mass is 16.5. The fourth-order valence-electron chi connectivity index (χ4n) is 2.67. The Morgan fingerprint density at radius 2 is 1.74 bits per heavy atom. The average Bonchev–Trinajstić information content (AvgIpc) is 3.16. The number of carbonyl (C=O) groups excluding carboxylic acids is 2. The molecule has 3 rings (SSSR count). The number of rotatable bonds is 8. The van der Waals surface area contributed by atoms with E-state index in [2.05, 4.69) is 17.2 Å². The third-order valence-electron chi connectivity index (χ3n) is 4.08. The van der Waals surface area contributed by atoms with Gasteiger partial charge in [0.15, 0.2) is 18.1 Å². The van der Waals surface area contributed by atoms with Crippen molar-refractivity contribution < 1.29 is 14.3 Å². The summed E-state index contributed by atoms with van der Waals surface area (Å²) in [6, 6.07) is 17.1. The summed E-state index contributed by atoms with van der Waals surface area (Å²) in [5.41, 5.74) is 2.83. The Labute approximate surface area is 157 Å². The van der Waals surface area contributed by atoms with Gasteiger partial charge in [0.1, 0.15) is 0 Å². The lowest BCUT2D eigenvalue weighted by molar-refractivity contribution is 0.0469. The molecule has 0 N–H and O–H groups in total. The molecule has 2 aromatic carbocycles. The third kappa shape index (κ3) is 5.10. The van der Waals surface area contributed by atoms with E-state index >= 15 is 0 Å². The van der Waals surface area contributed by atoms with Crippen LogP contribution in [-0.2, 0) is 17.7 Å². The summed E-state index contributed by atoms with van der Waals surface area (Å²) in [6.07, 6.45) is 3.54. The molecule has 6 nitrogen and oxygen atoms in total. The molecular formula is C21H21N3O3. The van der Waals surface area contributed by atoms with Gasteiger partial charge in [-0.05, 0) is 17.5 Å². The molecule has 27 heavy (non-hydrogen) atoms. The number of Topliss-reactive ketones (excluding diaryl/α,β-unsaturated/α-hetero) is 1. The van der Waals surface area contributed by atoms with Crippen molar-refractivity contribution in [3.63, 3.8) is 0 Å². The Hall–Kier alpha value is -3.28. The van der Waals surface area contributed by atoms with Crippen LogP contribution in [0.1, 0.15) is 45.3 Å². The summed E-state index contributed by atoms with van der Waals surface area (Å²) in [6.45, 7) is 2.29. The number of aryl methyl sites for hydroxylation is 1. The first-order valence-electron chi connectivity index (χ1n) is 8.89. The van der Waals surface area contributed by atoms with Gasteiger partial charge in [-0.1, -0.05) is 73.2 Å². The molecule has 1 aromatic heterocycles. The van der Waals surface area contributed by atoms with Crippen molar-refractivity contribution in [3.05, 3.63) is 83.2 Å². The summed E-state index contributed by atoms with van der Waals surface area (Å²) in [5.74, 6) is -0.909. The lowest BCUT2D eigenvalue weighted by atomic mass is 10.1. The quantitative estimate of drug-likeness (QED) is 0.453. The number of benzene rings is 2. The van der Waals surface area contributed by atoms with Gasteiger partial charge in [0.2, 0.25) is 0 Å². The van der Waals surface area contributed by atoms with Crippen LogP contribution < -0.4 is 0 Å². The highest BCUT2D eigenvalue weighted by Crippen LogP contribution is 2.08. The number of nitrogens with zero attached hydrogens (tertiary/aromatic N) is 3. The lowest BCUT2D eigenvalue weighted by Crippen LogP contribution is -2.14. The molecule has 0 radical (unpaired) electrons. The Morgan fingerprint density at radius 1 is 1.00 bits per heavy atom. The lowest BCUT2D eigenvalue weighted by Gasteiger charge is -2.04. The Bertz CT molecular complexity index is 902. The summed E-state index contributed by atoms with van der Waals surface area (Å²) in [5, 5.41) is 7.75. The highest BCUT2D eigenvalue weighted by Gasteiger charge is 2.15. The second-order valence-corrected chi connectivity index (χ2v) is 6.23. The molecule has 0 atom stereocenters. The topological polar surface area (TPSA) is 74.1 Å². The summed E-state index contributed by atoms with van der Waals surface area (Å²) < 4.78 is 6.64. The minimum absolute atomic E-state index is 0.0806. The van der Waals surface area contributed by atoms with E-state index in [1.54, 1.807) is 16.8 Å². The van der Waals surface area contributed by atoms with Crippen LogP contribution in [0.25, 0.3) is 0 Å². The maximum atomic E-state index is 12.2. The van der Waals surface area contributed by atoms with E-state index in [4.69, 9.17) is 4.74 Å². The molecule has 138 valence electrons. The molecule has 0 saturated carbocycles. The maximum Gasteiger partial charge on any atom is 0.360 e. The van der Waals surface area contributed by atoms with Crippen molar-refractivity contribution in [2.45, 2.75) is 26.3 Å². The first kappa shape index (κ1) is 18.5. The van der Waals surface area contributed by atoms with Crippen molar-refractivity contribution in [3.8, 4) is 0 Å². The Balaban J connectivity index is 1.53. The molecule has 0 amide bonds. The largest absolute Gasteiger partial charge is 0.452 e. The normalized spacial score (nSPS) is 10.6. The molecule has 1 heterocycles. The van der Waals surface area contributed by atoms with Gasteiger partial charge >= 0.3 is 5.97 Å². The minimum Gasteiger partial charge on any atom is -0.452 e. The molecule has 0 spiro atoms. The zero-order chi connectivity index (χ0) is 19.1. The Kier molecular flexibility index (Phi) is 6.10. The Morgan fingerprint density at radius 3 is 2.44 bits per heavy atom. The van der Waals surface area contributed by atoms with Crippen LogP contribution in [0.2, 0.25) is 0 Å². The van der Waals surface area contributed by atoms with Crippen LogP contribution >= 0.6 is 0 Å². The predicted molar refractivity (Wildman–Crippen MR) is 101 cm³/mol. The van der Waals surface area contributed by atoms with Gasteiger partial charge < -0.3 is 4.74 Å². The molecule has 6 heteroatoms. The third-order valence-corrected chi connectivity index (χ3v) is 4.08. The number of esters is 1. The van der Waals surface area contributed by atoms with Gasteiger partial charge in [0.05, 0.1) is 12.7 Å². The SMILES string of the molecule is CCCc1ccc(C(=O)COC(=O)c2cn(Cc3ccccc3)nn2)cc1. The smallest absolute Gasteiger partial charge is 0.360 e. The number of aromatic nitrogens is 3. The molecule has 0 aliphatic heterocycles. The predicted octanol–water partition coefficient (Wildman–Crippen LogP) is 3.32. The van der Waals surface area contributed by atoms with Crippen LogP contribution in [0.4, 0.5) is 0 Å². The van der Waals surface area contributed by atoms with Gasteiger partial charge in [-0.15, -0.1) is 5.10 Å². The van der Waals surface area contributed by atoms with E-state index in [1.165, 1.54) is 11.8 Å². The number of hydrogen-bond donors (Lipinski definition) is 0. The summed E-state index contributed by atoms with van der Waals surface area (Å²) in [4.78, 5) is 24.3. The summed E-state index contributed by atoms with van der Waals surface area (Å²) >= 11 is 0.